The Kier molecular flexibility index (Phi) is 3.44. The number of nitrogens with one attached hydrogen (secondary N) is 1. The molecule has 0 spiro atoms. The molecular weight excluding hydrogens is 238 g/mol. The van der Waals surface area contributed by atoms with Crippen LogP contribution in [0.15, 0.2) is 30.3 Å². The molecule has 1 N–H and O–H groups in total. The minimum atomic E-state index is 0.580. The van der Waals surface area contributed by atoms with E-state index in [-0.39, 0.29) is 0 Å². The Labute approximate surface area is 105 Å². The number of benzene rings is 1. The van der Waals surface area contributed by atoms with Crippen molar-refractivity contribution in [1.82, 2.24) is 10.2 Å². The van der Waals surface area contributed by atoms with Crippen molar-refractivity contribution in [2.45, 2.75) is 0 Å². The third kappa shape index (κ3) is 2.47. The first-order valence-electron chi connectivity index (χ1n) is 5.10. The maximum Gasteiger partial charge on any atom is 0.148 e. The maximum atomic E-state index is 5.96. The molecule has 88 valence electrons. The van der Waals surface area contributed by atoms with Gasteiger partial charge in [-0.3, -0.25) is 0 Å². The van der Waals surface area contributed by atoms with Crippen LogP contribution in [0.2, 0.25) is 5.02 Å². The Balaban J connectivity index is 2.38. The lowest BCUT2D eigenvalue weighted by Crippen LogP contribution is -1.95. The van der Waals surface area contributed by atoms with Gasteiger partial charge in [-0.2, -0.15) is 0 Å². The van der Waals surface area contributed by atoms with E-state index in [0.717, 1.165) is 17.1 Å². The Morgan fingerprint density at radius 1 is 1.18 bits per heavy atom. The van der Waals surface area contributed by atoms with Crippen LogP contribution in [-0.2, 0) is 0 Å². The van der Waals surface area contributed by atoms with Gasteiger partial charge in [-0.25, -0.2) is 0 Å². The average Bonchev–Trinajstić information content (AvgIpc) is 2.39. The first kappa shape index (κ1) is 11.7. The minimum absolute atomic E-state index is 0.580. The molecule has 17 heavy (non-hydrogen) atoms. The maximum absolute atomic E-state index is 5.96. The van der Waals surface area contributed by atoms with Crippen LogP contribution in [0.25, 0.3) is 11.3 Å². The molecule has 0 atom stereocenters. The summed E-state index contributed by atoms with van der Waals surface area (Å²) in [4.78, 5) is 0. The highest BCUT2D eigenvalue weighted by molar-refractivity contribution is 6.32. The molecule has 0 aliphatic rings. The summed E-state index contributed by atoms with van der Waals surface area (Å²) >= 11 is 5.96. The van der Waals surface area contributed by atoms with Gasteiger partial charge in [0, 0.05) is 12.6 Å². The zero-order chi connectivity index (χ0) is 12.3. The van der Waals surface area contributed by atoms with E-state index < -0.39 is 0 Å². The second-order valence-electron chi connectivity index (χ2n) is 3.40. The predicted octanol–water partition coefficient (Wildman–Crippen LogP) is 2.85. The molecule has 1 aromatic heterocycles. The van der Waals surface area contributed by atoms with E-state index in [1.54, 1.807) is 20.2 Å². The standard InChI is InChI=1S/C12H12ClN3O/c1-14-12-6-5-10(15-16-12)8-3-4-9(13)11(7-8)17-2/h3-7H,1-2H3,(H,14,16). The van der Waals surface area contributed by atoms with Crippen molar-refractivity contribution in [2.24, 2.45) is 0 Å². The molecule has 0 aliphatic heterocycles. The number of nitrogens with zero attached hydrogens (tertiary/aromatic N) is 2. The highest BCUT2D eigenvalue weighted by atomic mass is 35.5. The summed E-state index contributed by atoms with van der Waals surface area (Å²) in [6.45, 7) is 0. The molecule has 1 aromatic carbocycles. The van der Waals surface area contributed by atoms with Crippen LogP contribution in [0, 0.1) is 0 Å². The van der Waals surface area contributed by atoms with Gasteiger partial charge in [-0.1, -0.05) is 17.7 Å². The van der Waals surface area contributed by atoms with Gasteiger partial charge < -0.3 is 10.1 Å². The number of rotatable bonds is 3. The molecule has 0 unspecified atom stereocenters. The van der Waals surface area contributed by atoms with E-state index >= 15 is 0 Å². The van der Waals surface area contributed by atoms with Crippen molar-refractivity contribution in [3.8, 4) is 17.0 Å². The molecule has 2 rings (SSSR count). The van der Waals surface area contributed by atoms with Crippen LogP contribution >= 0.6 is 11.6 Å². The van der Waals surface area contributed by atoms with Gasteiger partial charge >= 0.3 is 0 Å². The average molecular weight is 250 g/mol. The normalized spacial score (nSPS) is 10.1. The molecule has 0 amide bonds. The number of aromatic nitrogens is 2. The van der Waals surface area contributed by atoms with Gasteiger partial charge in [0.15, 0.2) is 0 Å². The summed E-state index contributed by atoms with van der Waals surface area (Å²) < 4.78 is 5.16. The molecule has 4 nitrogen and oxygen atoms in total. The van der Waals surface area contributed by atoms with Crippen LogP contribution in [0.5, 0.6) is 5.75 Å². The fourth-order valence-electron chi connectivity index (χ4n) is 1.44. The number of hydrogen-bond donors (Lipinski definition) is 1. The SMILES string of the molecule is CNc1ccc(-c2ccc(Cl)c(OC)c2)nn1. The van der Waals surface area contributed by atoms with Gasteiger partial charge in [-0.15, -0.1) is 10.2 Å². The predicted molar refractivity (Wildman–Crippen MR) is 68.6 cm³/mol. The summed E-state index contributed by atoms with van der Waals surface area (Å²) in [6.07, 6.45) is 0. The number of methoxy groups -OCH3 is 1. The van der Waals surface area contributed by atoms with Gasteiger partial charge in [0.05, 0.1) is 17.8 Å². The lowest BCUT2D eigenvalue weighted by molar-refractivity contribution is 0.415. The molecular formula is C12H12ClN3O. The molecule has 5 heteroatoms. The molecule has 0 aliphatic carbocycles. The smallest absolute Gasteiger partial charge is 0.148 e. The number of ether oxygens (including phenoxy) is 1. The zero-order valence-electron chi connectivity index (χ0n) is 9.57. The van der Waals surface area contributed by atoms with Crippen LogP contribution in [0.3, 0.4) is 0 Å². The third-order valence-electron chi connectivity index (χ3n) is 2.37. The van der Waals surface area contributed by atoms with E-state index in [4.69, 9.17) is 16.3 Å². The van der Waals surface area contributed by atoms with Crippen molar-refractivity contribution in [2.75, 3.05) is 19.5 Å². The molecule has 2 aromatic rings. The van der Waals surface area contributed by atoms with Gasteiger partial charge in [0.2, 0.25) is 0 Å². The monoisotopic (exact) mass is 249 g/mol. The fourth-order valence-corrected chi connectivity index (χ4v) is 1.63. The molecule has 0 saturated carbocycles. The summed E-state index contributed by atoms with van der Waals surface area (Å²) in [5.74, 6) is 1.36. The first-order chi connectivity index (χ1) is 8.24. The second-order valence-corrected chi connectivity index (χ2v) is 3.81. The molecule has 0 fully saturated rings. The van der Waals surface area contributed by atoms with Crippen LogP contribution < -0.4 is 10.1 Å². The van der Waals surface area contributed by atoms with Gasteiger partial charge in [-0.05, 0) is 24.3 Å². The Bertz CT molecular complexity index is 514. The number of hydrogen-bond acceptors (Lipinski definition) is 4. The van der Waals surface area contributed by atoms with E-state index in [2.05, 4.69) is 15.5 Å². The quantitative estimate of drug-likeness (QED) is 0.909. The topological polar surface area (TPSA) is 47.0 Å². The molecule has 1 heterocycles. The van der Waals surface area contributed by atoms with Crippen molar-refractivity contribution < 1.29 is 4.74 Å². The third-order valence-corrected chi connectivity index (χ3v) is 2.68. The summed E-state index contributed by atoms with van der Waals surface area (Å²) in [7, 11) is 3.38. The van der Waals surface area contributed by atoms with E-state index in [1.807, 2.05) is 24.3 Å². The molecule has 0 radical (unpaired) electrons. The van der Waals surface area contributed by atoms with Crippen molar-refractivity contribution in [3.63, 3.8) is 0 Å². The van der Waals surface area contributed by atoms with Crippen LogP contribution in [0.4, 0.5) is 5.82 Å². The van der Waals surface area contributed by atoms with Crippen molar-refractivity contribution >= 4 is 17.4 Å². The lowest BCUT2D eigenvalue weighted by atomic mass is 10.1. The van der Waals surface area contributed by atoms with Crippen LogP contribution in [-0.4, -0.2) is 24.4 Å². The second kappa shape index (κ2) is 5.01. The zero-order valence-corrected chi connectivity index (χ0v) is 10.3. The summed E-state index contributed by atoms with van der Waals surface area (Å²) in [5.41, 5.74) is 1.69. The highest BCUT2D eigenvalue weighted by Crippen LogP contribution is 2.29. The van der Waals surface area contributed by atoms with E-state index in [9.17, 15) is 0 Å². The summed E-state index contributed by atoms with van der Waals surface area (Å²) in [5, 5.41) is 11.6. The number of anilines is 1. The first-order valence-corrected chi connectivity index (χ1v) is 5.48. The van der Waals surface area contributed by atoms with Crippen molar-refractivity contribution in [3.05, 3.63) is 35.4 Å². The Hall–Kier alpha value is -1.81. The highest BCUT2D eigenvalue weighted by Gasteiger charge is 2.05. The van der Waals surface area contributed by atoms with E-state index in [1.165, 1.54) is 0 Å². The van der Waals surface area contributed by atoms with Gasteiger partial charge in [0.1, 0.15) is 11.6 Å². The minimum Gasteiger partial charge on any atom is -0.495 e. The van der Waals surface area contributed by atoms with Crippen molar-refractivity contribution in [1.29, 1.82) is 0 Å². The molecule has 0 bridgehead atoms. The van der Waals surface area contributed by atoms with E-state index in [0.29, 0.717) is 10.8 Å². The lowest BCUT2D eigenvalue weighted by Gasteiger charge is -2.06. The molecule has 0 saturated heterocycles. The largest absolute Gasteiger partial charge is 0.495 e. The fraction of sp³-hybridized carbons (Fsp3) is 0.167. The Morgan fingerprint density at radius 2 is 2.00 bits per heavy atom. The summed E-state index contributed by atoms with van der Waals surface area (Å²) in [6, 6.07) is 9.26. The Morgan fingerprint density at radius 3 is 2.59 bits per heavy atom. The van der Waals surface area contributed by atoms with Gasteiger partial charge in [0.25, 0.3) is 0 Å². The number of halogens is 1. The van der Waals surface area contributed by atoms with Crippen LogP contribution in [0.1, 0.15) is 0 Å².